The Bertz CT molecular complexity index is 3040. The first kappa shape index (κ1) is 59.1. The highest BCUT2D eigenvalue weighted by Gasteiger charge is 2.74. The van der Waals surface area contributed by atoms with E-state index in [-0.39, 0.29) is 87.5 Å². The number of allylic oxidation sites excluding steroid dienone is 8. The average molecular weight is 1100 g/mol. The van der Waals surface area contributed by atoms with Gasteiger partial charge in [0, 0.05) is 28.1 Å². The van der Waals surface area contributed by atoms with Crippen molar-refractivity contribution >= 4 is 46.9 Å². The number of nitrogens with zero attached hydrogens (tertiary/aromatic N) is 2. The number of amides is 1. The molecule has 0 bridgehead atoms. The molecular weight excluding hydrogens is 1010 g/mol. The van der Waals surface area contributed by atoms with Crippen molar-refractivity contribution in [3.05, 3.63) is 69.7 Å². The third-order valence-corrected chi connectivity index (χ3v) is 25.7. The SMILES string of the molecule is [C-]#[N+]C1=C[C@]2(C)C3=CC(=O)[C@@H]4[C@@H]5CC(C)(C)CC[C@]5(C(=O)OC)CC[C@@]4(C)[C@]3(C)CC[C@H]2[C@](C)(C(N)=O)C1=O.[C-]#[N+]C1=C[C@]2(C)C3=CC(=O)[C@@H]4[C@@H]5CC(C)(C)CC[C@]5(C(=O)OC)CC[C@@]4(C)[C@]3(C)CC[C@H]2[C@](C)(CC(=O)OC)C1=O. The van der Waals surface area contributed by atoms with Crippen molar-refractivity contribution in [3.8, 4) is 0 Å². The summed E-state index contributed by atoms with van der Waals surface area (Å²) >= 11 is 0. The number of carbonyl (C=O) groups excluding carboxylic acids is 8. The molecule has 0 heterocycles. The minimum atomic E-state index is -1.52. The Morgan fingerprint density at radius 3 is 1.32 bits per heavy atom. The first-order valence-corrected chi connectivity index (χ1v) is 29.3. The van der Waals surface area contributed by atoms with Crippen LogP contribution in [-0.4, -0.2) is 68.3 Å². The fraction of sp³-hybridized carbons (Fsp3) is 0.727. The molecule has 0 aromatic carbocycles. The lowest BCUT2D eigenvalue weighted by molar-refractivity contribution is -0.192. The number of fused-ring (bicyclic) bond motifs is 14. The molecular formula is C66H87N3O11. The second-order valence-corrected chi connectivity index (χ2v) is 30.0. The largest absolute Gasteiger partial charge is 0.469 e. The highest BCUT2D eigenvalue weighted by Crippen LogP contribution is 2.77. The standard InChI is InChI=1S/C34H45NO6.C32H42N2O5/c1-29(2)12-14-34(28(39)41-9)15-13-33(6)26(20(34)17-29)22(36)16-24-30(3)18-21(35-7)27(38)31(4,19-25(37)40-8)23(30)10-11-32(24,33)5;1-27(2)11-13-32(26(38)39-8)14-12-30(5)23(18(32)16-27)20(35)15-22-28(3)17-19(34-7)24(36)31(6,25(33)37)21(28)9-10-29(22,30)4/h16,18,20,23,26H,10-15,17,19H2,1-6,8-9H3;15,17-18,21,23H,9-14,16H2,1-6,8H3,(H2,33,37)/t20-,23+,26-,30-,31-,32+,33+,34-;18-,21+,23-,28-,29+,30+,31-,32-/m00/s1. The van der Waals surface area contributed by atoms with Gasteiger partial charge in [-0.1, -0.05) is 99.5 Å². The number of primary amides is 1. The molecule has 16 atom stereocenters. The fourth-order valence-corrected chi connectivity index (χ4v) is 20.7. The zero-order valence-electron chi connectivity index (χ0n) is 50.3. The predicted molar refractivity (Wildman–Crippen MR) is 298 cm³/mol. The average Bonchev–Trinajstić information content (AvgIpc) is 2.90. The normalized spacial score (nSPS) is 45.4. The zero-order chi connectivity index (χ0) is 59.4. The van der Waals surface area contributed by atoms with Gasteiger partial charge in [0.1, 0.15) is 5.41 Å². The Kier molecular flexibility index (Phi) is 13.7. The first-order chi connectivity index (χ1) is 37.0. The Morgan fingerprint density at radius 1 is 0.550 bits per heavy atom. The number of rotatable bonds is 5. The van der Waals surface area contributed by atoms with E-state index in [1.54, 1.807) is 32.1 Å². The van der Waals surface area contributed by atoms with E-state index in [9.17, 15) is 38.4 Å². The topological polar surface area (TPSA) is 199 Å². The van der Waals surface area contributed by atoms with Crippen molar-refractivity contribution < 1.29 is 52.6 Å². The molecule has 14 nitrogen and oxygen atoms in total. The van der Waals surface area contributed by atoms with E-state index < -0.39 is 77.7 Å². The number of ether oxygens (including phenoxy) is 3. The molecule has 10 aliphatic carbocycles. The molecule has 0 aromatic heterocycles. The summed E-state index contributed by atoms with van der Waals surface area (Å²) in [5, 5.41) is 0. The van der Waals surface area contributed by atoms with Gasteiger partial charge in [-0.3, -0.25) is 28.8 Å². The molecule has 2 N–H and O–H groups in total. The molecule has 0 saturated heterocycles. The van der Waals surface area contributed by atoms with Crippen LogP contribution >= 0.6 is 0 Å². The number of hydrogen-bond acceptors (Lipinski definition) is 11. The van der Waals surface area contributed by atoms with Crippen LogP contribution < -0.4 is 5.73 Å². The van der Waals surface area contributed by atoms with E-state index >= 15 is 0 Å². The van der Waals surface area contributed by atoms with E-state index in [0.717, 1.165) is 62.5 Å². The number of hydrogen-bond donors (Lipinski definition) is 1. The molecule has 1 amide bonds. The Morgan fingerprint density at radius 2 is 0.938 bits per heavy atom. The maximum atomic E-state index is 14.5. The monoisotopic (exact) mass is 1100 g/mol. The summed E-state index contributed by atoms with van der Waals surface area (Å²) in [6, 6.07) is 0. The second-order valence-electron chi connectivity index (χ2n) is 30.0. The lowest BCUT2D eigenvalue weighted by Gasteiger charge is -2.69. The van der Waals surface area contributed by atoms with Crippen LogP contribution in [0.5, 0.6) is 0 Å². The number of Topliss-reactive ketones (excluding diaryl/α,β-unsaturated/α-hetero) is 2. The van der Waals surface area contributed by atoms with Crippen LogP contribution in [0.15, 0.2) is 46.8 Å². The minimum Gasteiger partial charge on any atom is -0.469 e. The zero-order valence-corrected chi connectivity index (χ0v) is 50.3. The highest BCUT2D eigenvalue weighted by atomic mass is 16.5. The van der Waals surface area contributed by atoms with Gasteiger partial charge < -0.3 is 29.5 Å². The summed E-state index contributed by atoms with van der Waals surface area (Å²) in [6.45, 7) is 40.8. The van der Waals surface area contributed by atoms with Crippen LogP contribution in [0.1, 0.15) is 179 Å². The number of esters is 3. The fourth-order valence-electron chi connectivity index (χ4n) is 20.7. The third-order valence-electron chi connectivity index (χ3n) is 25.7. The molecule has 14 heteroatoms. The Labute approximate surface area is 474 Å². The summed E-state index contributed by atoms with van der Waals surface area (Å²) in [5.74, 6) is -3.96. The summed E-state index contributed by atoms with van der Waals surface area (Å²) < 4.78 is 15.8. The van der Waals surface area contributed by atoms with Crippen LogP contribution in [-0.2, 0) is 52.6 Å². The predicted octanol–water partition coefficient (Wildman–Crippen LogP) is 11.5. The number of methoxy groups -OCH3 is 3. The molecule has 6 fully saturated rings. The molecule has 10 rings (SSSR count). The molecule has 6 saturated carbocycles. The van der Waals surface area contributed by atoms with Crippen molar-refractivity contribution in [3.63, 3.8) is 0 Å². The summed E-state index contributed by atoms with van der Waals surface area (Å²) in [7, 11) is 4.23. The smallest absolute Gasteiger partial charge is 0.312 e. The highest BCUT2D eigenvalue weighted by molar-refractivity contribution is 6.15. The van der Waals surface area contributed by atoms with Gasteiger partial charge in [-0.25, -0.2) is 9.69 Å². The number of carbonyl (C=O) groups is 8. The van der Waals surface area contributed by atoms with Gasteiger partial charge in [-0.15, -0.1) is 0 Å². The molecule has 0 unspecified atom stereocenters. The van der Waals surface area contributed by atoms with Crippen LogP contribution in [0.4, 0.5) is 0 Å². The number of ketones is 4. The van der Waals surface area contributed by atoms with Gasteiger partial charge in [0.25, 0.3) is 0 Å². The molecule has 432 valence electrons. The molecule has 0 aliphatic heterocycles. The van der Waals surface area contributed by atoms with Crippen molar-refractivity contribution in [2.45, 2.75) is 179 Å². The van der Waals surface area contributed by atoms with Crippen LogP contribution in [0.2, 0.25) is 0 Å². The maximum Gasteiger partial charge on any atom is 0.312 e. The summed E-state index contributed by atoms with van der Waals surface area (Å²) in [5.41, 5.74) is 0.493. The lowest BCUT2D eigenvalue weighted by atomic mass is 9.34. The van der Waals surface area contributed by atoms with Crippen LogP contribution in [0, 0.1) is 114 Å². The Hall–Kier alpha value is -5.50. The van der Waals surface area contributed by atoms with E-state index in [2.05, 4.69) is 72.0 Å². The van der Waals surface area contributed by atoms with Crippen molar-refractivity contribution in [1.29, 1.82) is 0 Å². The molecule has 0 radical (unpaired) electrons. The van der Waals surface area contributed by atoms with Gasteiger partial charge in [-0.05, 0) is 165 Å². The van der Waals surface area contributed by atoms with Gasteiger partial charge in [0.2, 0.25) is 17.3 Å². The van der Waals surface area contributed by atoms with E-state index in [4.69, 9.17) is 33.1 Å². The second kappa shape index (κ2) is 18.5. The van der Waals surface area contributed by atoms with Gasteiger partial charge in [0.05, 0.1) is 51.7 Å². The molecule has 10 aliphatic rings. The van der Waals surface area contributed by atoms with Crippen molar-refractivity contribution in [2.24, 2.45) is 106 Å². The van der Waals surface area contributed by atoms with E-state index in [1.165, 1.54) is 21.3 Å². The lowest BCUT2D eigenvalue weighted by Crippen LogP contribution is -2.66. The Balaban J connectivity index is 0.000000194. The van der Waals surface area contributed by atoms with Gasteiger partial charge in [0.15, 0.2) is 23.1 Å². The first-order valence-electron chi connectivity index (χ1n) is 29.3. The van der Waals surface area contributed by atoms with Crippen molar-refractivity contribution in [1.82, 2.24) is 0 Å². The number of nitrogens with two attached hydrogens (primary N) is 1. The summed E-state index contributed by atoms with van der Waals surface area (Å²) in [4.78, 5) is 115. The maximum absolute atomic E-state index is 14.5. The van der Waals surface area contributed by atoms with E-state index in [1.807, 2.05) is 13.0 Å². The van der Waals surface area contributed by atoms with Gasteiger partial charge >= 0.3 is 17.9 Å². The quantitative estimate of drug-likeness (QED) is 0.119. The minimum absolute atomic E-state index is 0.00948. The van der Waals surface area contributed by atoms with Crippen LogP contribution in [0.25, 0.3) is 9.69 Å². The van der Waals surface area contributed by atoms with Gasteiger partial charge in [-0.2, -0.15) is 0 Å². The summed E-state index contributed by atoms with van der Waals surface area (Å²) in [6.07, 6.45) is 17.3. The molecule has 80 heavy (non-hydrogen) atoms. The van der Waals surface area contributed by atoms with E-state index in [0.29, 0.717) is 38.5 Å². The molecule has 0 spiro atoms. The molecule has 0 aromatic rings. The third kappa shape index (κ3) is 7.55. The van der Waals surface area contributed by atoms with Crippen molar-refractivity contribution in [2.75, 3.05) is 21.3 Å². The van der Waals surface area contributed by atoms with Crippen LogP contribution in [0.3, 0.4) is 0 Å².